The van der Waals surface area contributed by atoms with Crippen molar-refractivity contribution in [2.75, 3.05) is 13.7 Å². The zero-order valence-electron chi connectivity index (χ0n) is 15.0. The van der Waals surface area contributed by atoms with Crippen LogP contribution in [0.5, 0.6) is 5.75 Å². The van der Waals surface area contributed by atoms with E-state index in [1.807, 2.05) is 24.0 Å². The largest absolute Gasteiger partial charge is 0.497 e. The zero-order chi connectivity index (χ0) is 17.4. The summed E-state index contributed by atoms with van der Waals surface area (Å²) in [7, 11) is 1.68. The van der Waals surface area contributed by atoms with Crippen molar-refractivity contribution in [1.29, 1.82) is 0 Å². The lowest BCUT2D eigenvalue weighted by molar-refractivity contribution is 0.0457. The molecule has 3 heterocycles. The van der Waals surface area contributed by atoms with E-state index in [0.717, 1.165) is 56.0 Å². The van der Waals surface area contributed by atoms with Crippen LogP contribution in [0.4, 0.5) is 0 Å². The van der Waals surface area contributed by atoms with Crippen LogP contribution in [0, 0.1) is 6.92 Å². The van der Waals surface area contributed by atoms with Crippen molar-refractivity contribution in [3.05, 3.63) is 47.0 Å². The molecule has 0 radical (unpaired) electrons. The number of aryl methyl sites for hydroxylation is 1. The van der Waals surface area contributed by atoms with Crippen LogP contribution in [-0.4, -0.2) is 40.1 Å². The summed E-state index contributed by atoms with van der Waals surface area (Å²) in [5.41, 5.74) is 3.08. The molecule has 2 aliphatic heterocycles. The first-order chi connectivity index (χ1) is 12.2. The molecule has 2 aromatic rings. The summed E-state index contributed by atoms with van der Waals surface area (Å²) in [6.45, 7) is 3.85. The van der Waals surface area contributed by atoms with E-state index in [1.165, 1.54) is 12.0 Å². The van der Waals surface area contributed by atoms with Crippen LogP contribution < -0.4 is 4.74 Å². The molecule has 1 amide bonds. The Kier molecular flexibility index (Phi) is 4.24. The van der Waals surface area contributed by atoms with Crippen LogP contribution in [0.15, 0.2) is 24.3 Å². The Bertz CT molecular complexity index is 779. The van der Waals surface area contributed by atoms with Gasteiger partial charge in [0.15, 0.2) is 0 Å². The van der Waals surface area contributed by atoms with E-state index in [9.17, 15) is 4.79 Å². The van der Waals surface area contributed by atoms with Crippen LogP contribution in [0.25, 0.3) is 0 Å². The Morgan fingerprint density at radius 2 is 2.04 bits per heavy atom. The second kappa shape index (κ2) is 6.54. The number of carbonyl (C=O) groups excluding carboxylic acids is 1. The molecule has 1 saturated heterocycles. The Morgan fingerprint density at radius 3 is 2.72 bits per heavy atom. The van der Waals surface area contributed by atoms with Gasteiger partial charge in [0.25, 0.3) is 5.91 Å². The number of carbonyl (C=O) groups is 1. The molecule has 2 aliphatic rings. The summed E-state index contributed by atoms with van der Waals surface area (Å²) in [4.78, 5) is 19.7. The number of hydrogen-bond donors (Lipinski definition) is 0. The number of fused-ring (bicyclic) bond motifs is 1. The molecule has 132 valence electrons. The molecule has 4 rings (SSSR count). The Labute approximate surface area is 148 Å². The third kappa shape index (κ3) is 2.92. The monoisotopic (exact) mass is 339 g/mol. The maximum absolute atomic E-state index is 13.0. The maximum atomic E-state index is 13.0. The number of benzene rings is 1. The minimum Gasteiger partial charge on any atom is -0.497 e. The first kappa shape index (κ1) is 16.2. The molecule has 5 nitrogen and oxygen atoms in total. The van der Waals surface area contributed by atoms with E-state index in [4.69, 9.17) is 4.74 Å². The minimum atomic E-state index is 0.114. The van der Waals surface area contributed by atoms with Crippen LogP contribution in [0.1, 0.15) is 46.8 Å². The number of hydrogen-bond acceptors (Lipinski definition) is 3. The highest BCUT2D eigenvalue weighted by Crippen LogP contribution is 2.28. The van der Waals surface area contributed by atoms with E-state index in [-0.39, 0.29) is 11.9 Å². The highest BCUT2D eigenvalue weighted by molar-refractivity contribution is 5.94. The van der Waals surface area contributed by atoms with E-state index >= 15 is 0 Å². The molecular weight excluding hydrogens is 314 g/mol. The summed E-state index contributed by atoms with van der Waals surface area (Å²) >= 11 is 0. The van der Waals surface area contributed by atoms with Gasteiger partial charge in [-0.05, 0) is 56.7 Å². The molecule has 1 fully saturated rings. The first-order valence-electron chi connectivity index (χ1n) is 9.17. The Hall–Kier alpha value is -2.30. The standard InChI is InChI=1S/C20H25N3O2/c1-14-21-19(18-5-3-4-11-22(14)18)20(24)23-12-10-16(23)13-15-6-8-17(25-2)9-7-15/h6-9,16H,3-5,10-13H2,1-2H3. The molecule has 0 N–H and O–H groups in total. The maximum Gasteiger partial charge on any atom is 0.274 e. The highest BCUT2D eigenvalue weighted by atomic mass is 16.5. The number of ether oxygens (including phenoxy) is 1. The molecule has 1 unspecified atom stereocenters. The molecule has 0 bridgehead atoms. The van der Waals surface area contributed by atoms with Crippen LogP contribution >= 0.6 is 0 Å². The molecule has 25 heavy (non-hydrogen) atoms. The van der Waals surface area contributed by atoms with Gasteiger partial charge < -0.3 is 14.2 Å². The van der Waals surface area contributed by atoms with Crippen molar-refractivity contribution in [1.82, 2.24) is 14.5 Å². The fourth-order valence-corrected chi connectivity index (χ4v) is 3.98. The number of aromatic nitrogens is 2. The van der Waals surface area contributed by atoms with Gasteiger partial charge in [-0.1, -0.05) is 12.1 Å². The lowest BCUT2D eigenvalue weighted by Gasteiger charge is -2.41. The summed E-state index contributed by atoms with van der Waals surface area (Å²) in [6, 6.07) is 8.41. The second-order valence-electron chi connectivity index (χ2n) is 7.06. The van der Waals surface area contributed by atoms with Gasteiger partial charge in [-0.25, -0.2) is 4.98 Å². The Morgan fingerprint density at radius 1 is 1.24 bits per heavy atom. The second-order valence-corrected chi connectivity index (χ2v) is 7.06. The number of methoxy groups -OCH3 is 1. The average molecular weight is 339 g/mol. The van der Waals surface area contributed by atoms with Gasteiger partial charge in [0.1, 0.15) is 17.3 Å². The van der Waals surface area contributed by atoms with Gasteiger partial charge in [-0.3, -0.25) is 4.79 Å². The van der Waals surface area contributed by atoms with Crippen LogP contribution in [-0.2, 0) is 19.4 Å². The summed E-state index contributed by atoms with van der Waals surface area (Å²) in [6.07, 6.45) is 5.26. The van der Waals surface area contributed by atoms with Gasteiger partial charge in [0, 0.05) is 19.1 Å². The molecule has 0 spiro atoms. The van der Waals surface area contributed by atoms with Crippen molar-refractivity contribution in [3.8, 4) is 5.75 Å². The van der Waals surface area contributed by atoms with E-state index in [0.29, 0.717) is 5.69 Å². The van der Waals surface area contributed by atoms with Crippen molar-refractivity contribution < 1.29 is 9.53 Å². The molecule has 1 atom stereocenters. The summed E-state index contributed by atoms with van der Waals surface area (Å²) in [5.74, 6) is 1.96. The third-order valence-corrected chi connectivity index (χ3v) is 5.55. The van der Waals surface area contributed by atoms with Crippen LogP contribution in [0.2, 0.25) is 0 Å². The summed E-state index contributed by atoms with van der Waals surface area (Å²) < 4.78 is 7.44. The van der Waals surface area contributed by atoms with E-state index in [2.05, 4.69) is 21.7 Å². The topological polar surface area (TPSA) is 47.4 Å². The van der Waals surface area contributed by atoms with Crippen molar-refractivity contribution >= 4 is 5.91 Å². The third-order valence-electron chi connectivity index (χ3n) is 5.55. The number of imidazole rings is 1. The minimum absolute atomic E-state index is 0.114. The van der Waals surface area contributed by atoms with Gasteiger partial charge in [0.05, 0.1) is 12.8 Å². The smallest absolute Gasteiger partial charge is 0.274 e. The molecule has 5 heteroatoms. The van der Waals surface area contributed by atoms with Crippen molar-refractivity contribution in [2.24, 2.45) is 0 Å². The predicted octanol–water partition coefficient (Wildman–Crippen LogP) is 2.99. The Balaban J connectivity index is 1.49. The van der Waals surface area contributed by atoms with E-state index < -0.39 is 0 Å². The number of nitrogens with zero attached hydrogens (tertiary/aromatic N) is 3. The number of likely N-dealkylation sites (tertiary alicyclic amines) is 1. The number of amides is 1. The lowest BCUT2D eigenvalue weighted by Crippen LogP contribution is -2.52. The fourth-order valence-electron chi connectivity index (χ4n) is 3.98. The quantitative estimate of drug-likeness (QED) is 0.860. The summed E-state index contributed by atoms with van der Waals surface area (Å²) in [5, 5.41) is 0. The SMILES string of the molecule is COc1ccc(CC2CCN2C(=O)c2nc(C)n3c2CCCC3)cc1. The highest BCUT2D eigenvalue weighted by Gasteiger charge is 2.35. The molecular formula is C20H25N3O2. The van der Waals surface area contributed by atoms with Gasteiger partial charge in [-0.15, -0.1) is 0 Å². The molecule has 1 aromatic heterocycles. The molecule has 1 aromatic carbocycles. The fraction of sp³-hybridized carbons (Fsp3) is 0.500. The normalized spacial score (nSPS) is 19.3. The van der Waals surface area contributed by atoms with Crippen LogP contribution in [0.3, 0.4) is 0 Å². The van der Waals surface area contributed by atoms with Gasteiger partial charge in [0.2, 0.25) is 0 Å². The predicted molar refractivity (Wildman–Crippen MR) is 96.0 cm³/mol. The lowest BCUT2D eigenvalue weighted by atomic mass is 9.94. The average Bonchev–Trinajstić information content (AvgIpc) is 2.96. The zero-order valence-corrected chi connectivity index (χ0v) is 15.0. The van der Waals surface area contributed by atoms with Gasteiger partial charge in [-0.2, -0.15) is 0 Å². The first-order valence-corrected chi connectivity index (χ1v) is 9.17. The van der Waals surface area contributed by atoms with Crippen molar-refractivity contribution in [2.45, 2.75) is 51.6 Å². The van der Waals surface area contributed by atoms with E-state index in [1.54, 1.807) is 7.11 Å². The number of rotatable bonds is 4. The molecule has 0 saturated carbocycles. The molecule has 0 aliphatic carbocycles. The van der Waals surface area contributed by atoms with Gasteiger partial charge >= 0.3 is 0 Å². The van der Waals surface area contributed by atoms with Crippen molar-refractivity contribution in [3.63, 3.8) is 0 Å².